The van der Waals surface area contributed by atoms with Gasteiger partial charge in [-0.2, -0.15) is 0 Å². The summed E-state index contributed by atoms with van der Waals surface area (Å²) in [4.78, 5) is 13.9. The Labute approximate surface area is 117 Å². The third-order valence-electron chi connectivity index (χ3n) is 3.93. The molecule has 2 heterocycles. The molecule has 5 nitrogen and oxygen atoms in total. The van der Waals surface area contributed by atoms with Crippen molar-refractivity contribution < 1.29 is 4.79 Å². The summed E-state index contributed by atoms with van der Waals surface area (Å²) in [5, 5.41) is -0.551. The molecule has 102 valence electrons. The quantitative estimate of drug-likeness (QED) is 0.673. The molecule has 1 aromatic rings. The molecule has 1 saturated heterocycles. The Bertz CT molecular complexity index is 495. The smallest absolute Gasteiger partial charge is 0.253 e. The topological polar surface area (TPSA) is 70.4 Å². The van der Waals surface area contributed by atoms with E-state index in [1.54, 1.807) is 0 Å². The summed E-state index contributed by atoms with van der Waals surface area (Å²) in [5.41, 5.74) is 13.9. The van der Waals surface area contributed by atoms with Gasteiger partial charge in [0.05, 0.1) is 6.04 Å². The molecular formula is C13H17ClN4O. The van der Waals surface area contributed by atoms with Gasteiger partial charge in [0.25, 0.3) is 5.91 Å². The highest BCUT2D eigenvalue weighted by Gasteiger charge is 2.41. The third kappa shape index (κ3) is 2.12. The number of halogens is 1. The number of hydrogen-bond acceptors (Lipinski definition) is 4. The zero-order valence-electron chi connectivity index (χ0n) is 10.5. The molecule has 0 bridgehead atoms. The van der Waals surface area contributed by atoms with E-state index in [1.165, 1.54) is 11.1 Å². The molecule has 1 aromatic carbocycles. The number of benzene rings is 1. The molecule has 0 spiro atoms. The highest BCUT2D eigenvalue weighted by molar-refractivity contribution is 6.31. The number of alkyl halides is 1. The summed E-state index contributed by atoms with van der Waals surface area (Å²) < 4.78 is 0. The van der Waals surface area contributed by atoms with E-state index in [0.717, 1.165) is 6.54 Å². The van der Waals surface area contributed by atoms with E-state index in [1.807, 2.05) is 12.1 Å². The van der Waals surface area contributed by atoms with Crippen LogP contribution in [0.25, 0.3) is 0 Å². The van der Waals surface area contributed by atoms with Gasteiger partial charge in [0.2, 0.25) is 0 Å². The van der Waals surface area contributed by atoms with Crippen molar-refractivity contribution in [3.8, 4) is 0 Å². The molecular weight excluding hydrogens is 264 g/mol. The fraction of sp³-hybridized carbons (Fsp3) is 0.462. The van der Waals surface area contributed by atoms with Gasteiger partial charge in [0, 0.05) is 25.7 Å². The summed E-state index contributed by atoms with van der Waals surface area (Å²) in [6, 6.07) is 8.35. The molecule has 4 N–H and O–H groups in total. The zero-order chi connectivity index (χ0) is 13.4. The zero-order valence-corrected chi connectivity index (χ0v) is 11.2. The van der Waals surface area contributed by atoms with Gasteiger partial charge in [0.15, 0.2) is 0 Å². The minimum atomic E-state index is -0.551. The minimum absolute atomic E-state index is 0.0450. The second-order valence-corrected chi connectivity index (χ2v) is 5.43. The first-order valence-electron chi connectivity index (χ1n) is 6.42. The average molecular weight is 281 g/mol. The number of nitrogens with one attached hydrogen (secondary N) is 2. The number of carbonyl (C=O) groups excluding carboxylic acids is 1. The Hall–Kier alpha value is -1.14. The first-order valence-corrected chi connectivity index (χ1v) is 6.86. The summed E-state index contributed by atoms with van der Waals surface area (Å²) in [7, 11) is 0. The van der Waals surface area contributed by atoms with Crippen molar-refractivity contribution >= 4 is 17.5 Å². The normalized spacial score (nSPS) is 31.1. The van der Waals surface area contributed by atoms with Crippen LogP contribution in [0.4, 0.5) is 0 Å². The molecule has 0 saturated carbocycles. The lowest BCUT2D eigenvalue weighted by Crippen LogP contribution is -2.61. The Balaban J connectivity index is 1.88. The van der Waals surface area contributed by atoms with Gasteiger partial charge in [-0.25, -0.2) is 5.43 Å². The summed E-state index contributed by atoms with van der Waals surface area (Å²) >= 11 is 6.24. The van der Waals surface area contributed by atoms with Crippen LogP contribution < -0.4 is 16.6 Å². The highest BCUT2D eigenvalue weighted by Crippen LogP contribution is 2.36. The molecule has 3 atom stereocenters. The first-order chi connectivity index (χ1) is 9.22. The van der Waals surface area contributed by atoms with Crippen molar-refractivity contribution in [1.82, 2.24) is 15.8 Å². The Morgan fingerprint density at radius 1 is 1.42 bits per heavy atom. The van der Waals surface area contributed by atoms with Crippen molar-refractivity contribution in [2.75, 3.05) is 13.1 Å². The fourth-order valence-corrected chi connectivity index (χ4v) is 3.26. The summed E-state index contributed by atoms with van der Waals surface area (Å²) in [5.74, 6) is -0.176. The summed E-state index contributed by atoms with van der Waals surface area (Å²) in [6.07, 6.45) is 0. The lowest BCUT2D eigenvalue weighted by molar-refractivity contribution is -0.125. The van der Waals surface area contributed by atoms with Crippen LogP contribution in [0, 0.1) is 0 Å². The van der Waals surface area contributed by atoms with E-state index in [9.17, 15) is 4.79 Å². The van der Waals surface area contributed by atoms with Crippen LogP contribution in [0.3, 0.4) is 0 Å². The van der Waals surface area contributed by atoms with E-state index < -0.39 is 5.38 Å². The maximum Gasteiger partial charge on any atom is 0.253 e. The van der Waals surface area contributed by atoms with Crippen LogP contribution in [0.5, 0.6) is 0 Å². The molecule has 2 aliphatic heterocycles. The van der Waals surface area contributed by atoms with Crippen molar-refractivity contribution in [3.63, 3.8) is 0 Å². The fourth-order valence-electron chi connectivity index (χ4n) is 2.97. The Morgan fingerprint density at radius 2 is 2.21 bits per heavy atom. The van der Waals surface area contributed by atoms with Gasteiger partial charge < -0.3 is 5.73 Å². The van der Waals surface area contributed by atoms with E-state index >= 15 is 0 Å². The van der Waals surface area contributed by atoms with E-state index in [4.69, 9.17) is 17.3 Å². The minimum Gasteiger partial charge on any atom is -0.329 e. The standard InChI is InChI=1S/C13H17ClN4O/c14-12-11(6-16-17-13(12)19)18-7-8-3-1-2-4-9(8)10(18)5-15/h1-4,10-12,16H,5-7,15H2,(H,17,19). The summed E-state index contributed by atoms with van der Waals surface area (Å²) in [6.45, 7) is 1.95. The van der Waals surface area contributed by atoms with Crippen LogP contribution in [0.15, 0.2) is 24.3 Å². The number of hydrogen-bond donors (Lipinski definition) is 3. The number of nitrogens with two attached hydrogens (primary N) is 1. The van der Waals surface area contributed by atoms with Gasteiger partial charge in [0.1, 0.15) is 5.38 Å². The number of fused-ring (bicyclic) bond motifs is 1. The van der Waals surface area contributed by atoms with Gasteiger partial charge in [-0.05, 0) is 11.1 Å². The first kappa shape index (κ1) is 12.9. The SMILES string of the molecule is NCC1c2ccccc2CN1C1CNNC(=O)C1Cl. The monoisotopic (exact) mass is 280 g/mol. The highest BCUT2D eigenvalue weighted by atomic mass is 35.5. The van der Waals surface area contributed by atoms with Crippen LogP contribution >= 0.6 is 11.6 Å². The van der Waals surface area contributed by atoms with Gasteiger partial charge >= 0.3 is 0 Å². The number of hydrazine groups is 1. The molecule has 19 heavy (non-hydrogen) atoms. The van der Waals surface area contributed by atoms with Crippen molar-refractivity contribution in [2.45, 2.75) is 24.0 Å². The number of nitrogens with zero attached hydrogens (tertiary/aromatic N) is 1. The van der Waals surface area contributed by atoms with Crippen LogP contribution in [0.2, 0.25) is 0 Å². The predicted octanol–water partition coefficient (Wildman–Crippen LogP) is 0.112. The molecule has 2 aliphatic rings. The molecule has 1 amide bonds. The van der Waals surface area contributed by atoms with Gasteiger partial charge in [-0.1, -0.05) is 24.3 Å². The average Bonchev–Trinajstić information content (AvgIpc) is 2.80. The van der Waals surface area contributed by atoms with Crippen molar-refractivity contribution in [2.24, 2.45) is 5.73 Å². The molecule has 0 aliphatic carbocycles. The second kappa shape index (κ2) is 5.09. The number of carbonyl (C=O) groups is 1. The van der Waals surface area contributed by atoms with E-state index in [0.29, 0.717) is 13.1 Å². The molecule has 1 fully saturated rings. The van der Waals surface area contributed by atoms with Gasteiger partial charge in [-0.3, -0.25) is 15.1 Å². The Kier molecular flexibility index (Phi) is 3.45. The van der Waals surface area contributed by atoms with Crippen LogP contribution in [-0.4, -0.2) is 35.3 Å². The van der Waals surface area contributed by atoms with Crippen molar-refractivity contribution in [1.29, 1.82) is 0 Å². The van der Waals surface area contributed by atoms with E-state index in [2.05, 4.69) is 27.9 Å². The number of rotatable bonds is 2. The van der Waals surface area contributed by atoms with Crippen LogP contribution in [0.1, 0.15) is 17.2 Å². The third-order valence-corrected chi connectivity index (χ3v) is 4.42. The molecule has 6 heteroatoms. The largest absolute Gasteiger partial charge is 0.329 e. The van der Waals surface area contributed by atoms with E-state index in [-0.39, 0.29) is 18.0 Å². The number of amides is 1. The lowest BCUT2D eigenvalue weighted by Gasteiger charge is -2.37. The van der Waals surface area contributed by atoms with Crippen molar-refractivity contribution in [3.05, 3.63) is 35.4 Å². The predicted molar refractivity (Wildman–Crippen MR) is 73.4 cm³/mol. The molecule has 3 unspecified atom stereocenters. The second-order valence-electron chi connectivity index (χ2n) is 4.96. The lowest BCUT2D eigenvalue weighted by atomic mass is 10.0. The Morgan fingerprint density at radius 3 is 3.00 bits per heavy atom. The molecule has 0 radical (unpaired) electrons. The van der Waals surface area contributed by atoms with Gasteiger partial charge in [-0.15, -0.1) is 11.6 Å². The maximum absolute atomic E-state index is 11.7. The van der Waals surface area contributed by atoms with Crippen LogP contribution in [-0.2, 0) is 11.3 Å². The molecule has 0 aromatic heterocycles. The molecule has 3 rings (SSSR count). The maximum atomic E-state index is 11.7.